The minimum absolute atomic E-state index is 0.184. The lowest BCUT2D eigenvalue weighted by atomic mass is 9.96. The Morgan fingerprint density at radius 3 is 2.96 bits per heavy atom. The summed E-state index contributed by atoms with van der Waals surface area (Å²) in [6, 6.07) is 6.35. The number of nitrogens with zero attached hydrogens (tertiary/aromatic N) is 3. The van der Waals surface area contributed by atoms with Crippen LogP contribution < -0.4 is 10.2 Å². The normalized spacial score (nSPS) is 15.2. The van der Waals surface area contributed by atoms with Gasteiger partial charge in [0.2, 0.25) is 11.8 Å². The average molecular weight is 354 g/mol. The van der Waals surface area contributed by atoms with Gasteiger partial charge in [0.05, 0.1) is 17.4 Å². The first-order chi connectivity index (χ1) is 12.7. The van der Waals surface area contributed by atoms with Crippen LogP contribution in [-0.2, 0) is 4.79 Å². The van der Waals surface area contributed by atoms with E-state index in [0.29, 0.717) is 23.9 Å². The number of oxazole rings is 1. The summed E-state index contributed by atoms with van der Waals surface area (Å²) in [6.07, 6.45) is 7.68. The Bertz CT molecular complexity index is 819. The molecule has 134 valence electrons. The van der Waals surface area contributed by atoms with E-state index in [9.17, 15) is 14.4 Å². The lowest BCUT2D eigenvalue weighted by Crippen LogP contribution is -2.38. The minimum atomic E-state index is -0.402. The molecular weight excluding hydrogens is 335 g/mol. The van der Waals surface area contributed by atoms with E-state index in [1.165, 1.54) is 36.7 Å². The number of halogens is 1. The monoisotopic (exact) mass is 354 g/mol. The molecule has 0 spiro atoms. The number of carbonyl (C=O) groups excluding carboxylic acids is 1. The molecule has 1 fully saturated rings. The van der Waals surface area contributed by atoms with E-state index in [2.05, 4.69) is 21.3 Å². The second-order valence-corrected chi connectivity index (χ2v) is 6.15. The van der Waals surface area contributed by atoms with Gasteiger partial charge in [-0.3, -0.25) is 4.79 Å². The van der Waals surface area contributed by atoms with Crippen molar-refractivity contribution in [3.8, 4) is 6.07 Å². The molecule has 2 aromatic rings. The predicted octanol–water partition coefficient (Wildman–Crippen LogP) is 2.73. The summed E-state index contributed by atoms with van der Waals surface area (Å²) in [6.45, 7) is 2.14. The van der Waals surface area contributed by atoms with Crippen LogP contribution in [-0.4, -0.2) is 30.5 Å². The highest BCUT2D eigenvalue weighted by molar-refractivity contribution is 5.91. The number of nitrogens with one attached hydrogen (secondary N) is 1. The highest BCUT2D eigenvalue weighted by Gasteiger charge is 2.21. The molecule has 0 saturated carbocycles. The van der Waals surface area contributed by atoms with Crippen LogP contribution in [0.4, 0.5) is 10.1 Å². The minimum Gasteiger partial charge on any atom is -0.445 e. The Morgan fingerprint density at radius 1 is 1.46 bits per heavy atom. The molecule has 7 heteroatoms. The Balaban J connectivity index is 1.47. The predicted molar refractivity (Wildman–Crippen MR) is 94.6 cm³/mol. The quantitative estimate of drug-likeness (QED) is 0.835. The van der Waals surface area contributed by atoms with Crippen LogP contribution in [0.15, 0.2) is 41.2 Å². The molecule has 1 aliphatic rings. The summed E-state index contributed by atoms with van der Waals surface area (Å²) in [5, 5.41) is 12.1. The lowest BCUT2D eigenvalue weighted by molar-refractivity contribution is -0.116. The van der Waals surface area contributed by atoms with Gasteiger partial charge in [-0.25, -0.2) is 9.37 Å². The first-order valence-corrected chi connectivity index (χ1v) is 8.45. The van der Waals surface area contributed by atoms with Crippen molar-refractivity contribution in [3.63, 3.8) is 0 Å². The third kappa shape index (κ3) is 4.48. The maximum Gasteiger partial charge on any atom is 0.244 e. The largest absolute Gasteiger partial charge is 0.445 e. The number of aromatic nitrogens is 1. The van der Waals surface area contributed by atoms with Gasteiger partial charge in [0.1, 0.15) is 18.1 Å². The van der Waals surface area contributed by atoms with Crippen LogP contribution in [0, 0.1) is 23.1 Å². The number of amides is 1. The first-order valence-electron chi connectivity index (χ1n) is 8.45. The Labute approximate surface area is 150 Å². The molecule has 1 aliphatic heterocycles. The van der Waals surface area contributed by atoms with Gasteiger partial charge >= 0.3 is 0 Å². The van der Waals surface area contributed by atoms with Crippen LogP contribution in [0.2, 0.25) is 0 Å². The van der Waals surface area contributed by atoms with Gasteiger partial charge in [0.25, 0.3) is 0 Å². The summed E-state index contributed by atoms with van der Waals surface area (Å²) in [7, 11) is 0. The fourth-order valence-corrected chi connectivity index (χ4v) is 3.02. The van der Waals surface area contributed by atoms with Gasteiger partial charge in [-0.1, -0.05) is 0 Å². The van der Waals surface area contributed by atoms with Crippen molar-refractivity contribution in [3.05, 3.63) is 54.0 Å². The number of piperidine rings is 1. The molecule has 2 heterocycles. The molecule has 0 unspecified atom stereocenters. The van der Waals surface area contributed by atoms with Crippen LogP contribution in [0.3, 0.4) is 0 Å². The van der Waals surface area contributed by atoms with Gasteiger partial charge in [-0.15, -0.1) is 0 Å². The van der Waals surface area contributed by atoms with E-state index in [1.807, 2.05) is 0 Å². The second-order valence-electron chi connectivity index (χ2n) is 6.15. The molecule has 1 aromatic carbocycles. The van der Waals surface area contributed by atoms with E-state index in [4.69, 9.17) is 4.42 Å². The zero-order valence-corrected chi connectivity index (χ0v) is 14.2. The van der Waals surface area contributed by atoms with Crippen LogP contribution in [0.25, 0.3) is 6.08 Å². The number of anilines is 1. The van der Waals surface area contributed by atoms with Crippen molar-refractivity contribution < 1.29 is 13.6 Å². The summed E-state index contributed by atoms with van der Waals surface area (Å²) in [4.78, 5) is 17.8. The highest BCUT2D eigenvalue weighted by atomic mass is 19.1. The van der Waals surface area contributed by atoms with Gasteiger partial charge in [-0.05, 0) is 37.0 Å². The summed E-state index contributed by atoms with van der Waals surface area (Å²) in [5.74, 6) is 0.175. The number of benzene rings is 1. The van der Waals surface area contributed by atoms with Crippen molar-refractivity contribution >= 4 is 17.7 Å². The third-order valence-electron chi connectivity index (χ3n) is 4.43. The molecule has 1 saturated heterocycles. The summed E-state index contributed by atoms with van der Waals surface area (Å²) < 4.78 is 18.3. The molecule has 0 bridgehead atoms. The van der Waals surface area contributed by atoms with E-state index in [0.717, 1.165) is 31.6 Å². The summed E-state index contributed by atoms with van der Waals surface area (Å²) in [5.41, 5.74) is 1.12. The molecule has 26 heavy (non-hydrogen) atoms. The van der Waals surface area contributed by atoms with Crippen LogP contribution >= 0.6 is 0 Å². The van der Waals surface area contributed by atoms with Gasteiger partial charge in [-0.2, -0.15) is 5.26 Å². The molecule has 1 amide bonds. The summed E-state index contributed by atoms with van der Waals surface area (Å²) >= 11 is 0. The number of carbonyl (C=O) groups is 1. The topological polar surface area (TPSA) is 82.2 Å². The van der Waals surface area contributed by atoms with E-state index < -0.39 is 5.82 Å². The number of rotatable bonds is 5. The Morgan fingerprint density at radius 2 is 2.27 bits per heavy atom. The van der Waals surface area contributed by atoms with Crippen molar-refractivity contribution in [2.24, 2.45) is 5.92 Å². The smallest absolute Gasteiger partial charge is 0.244 e. The Kier molecular flexibility index (Phi) is 5.64. The molecule has 1 aromatic heterocycles. The molecule has 0 aliphatic carbocycles. The van der Waals surface area contributed by atoms with Crippen molar-refractivity contribution in [1.29, 1.82) is 5.26 Å². The Hall–Kier alpha value is -3.14. The molecule has 3 rings (SSSR count). The molecule has 0 radical (unpaired) electrons. The maximum atomic E-state index is 13.3. The maximum absolute atomic E-state index is 13.3. The van der Waals surface area contributed by atoms with Gasteiger partial charge in [0.15, 0.2) is 0 Å². The van der Waals surface area contributed by atoms with Crippen LogP contribution in [0.1, 0.15) is 24.3 Å². The fraction of sp³-hybridized carbons (Fsp3) is 0.316. The van der Waals surface area contributed by atoms with Crippen molar-refractivity contribution in [2.45, 2.75) is 12.8 Å². The average Bonchev–Trinajstić information content (AvgIpc) is 3.19. The second kappa shape index (κ2) is 8.30. The molecule has 1 N–H and O–H groups in total. The van der Waals surface area contributed by atoms with E-state index in [1.54, 1.807) is 6.07 Å². The highest BCUT2D eigenvalue weighted by Crippen LogP contribution is 2.26. The lowest BCUT2D eigenvalue weighted by Gasteiger charge is -2.34. The molecule has 6 nitrogen and oxygen atoms in total. The van der Waals surface area contributed by atoms with Crippen molar-refractivity contribution in [2.75, 3.05) is 24.5 Å². The molecule has 0 atom stereocenters. The van der Waals surface area contributed by atoms with E-state index in [-0.39, 0.29) is 5.91 Å². The SMILES string of the molecule is N#Cc1cc(F)ccc1N1CCC(CNC(=O)/C=C/c2ncco2)CC1. The van der Waals surface area contributed by atoms with Crippen molar-refractivity contribution in [1.82, 2.24) is 10.3 Å². The molecular formula is C19H19FN4O2. The number of hydrogen-bond acceptors (Lipinski definition) is 5. The standard InChI is InChI=1S/C19H19FN4O2/c20-16-1-2-17(15(11-16)12-21)24-8-5-14(6-9-24)13-23-18(25)3-4-19-22-7-10-26-19/h1-4,7,10-11,14H,5-6,8-9,13H2,(H,23,25)/b4-3+. The number of nitriles is 1. The first kappa shape index (κ1) is 17.7. The number of hydrogen-bond donors (Lipinski definition) is 1. The van der Waals surface area contributed by atoms with E-state index >= 15 is 0 Å². The van der Waals surface area contributed by atoms with Gasteiger partial charge in [0, 0.05) is 31.8 Å². The third-order valence-corrected chi connectivity index (χ3v) is 4.43. The fourth-order valence-electron chi connectivity index (χ4n) is 3.02. The van der Waals surface area contributed by atoms with Gasteiger partial charge < -0.3 is 14.6 Å². The van der Waals surface area contributed by atoms with Crippen LogP contribution in [0.5, 0.6) is 0 Å². The zero-order valence-electron chi connectivity index (χ0n) is 14.2. The zero-order chi connectivity index (χ0) is 18.4.